The number of benzene rings is 2. The average molecular weight is 431 g/mol. The van der Waals surface area contributed by atoms with Gasteiger partial charge in [-0.15, -0.1) is 0 Å². The SMILES string of the molecule is CN1CCc2nc(-c3snc4c(C(N)=O)cccc34)nc(NCc3ccccc3)c2C1. The van der Waals surface area contributed by atoms with E-state index in [1.54, 1.807) is 6.07 Å². The molecular weight excluding hydrogens is 408 g/mol. The fourth-order valence-corrected chi connectivity index (χ4v) is 4.72. The highest BCUT2D eigenvalue weighted by atomic mass is 32.1. The van der Waals surface area contributed by atoms with Crippen molar-refractivity contribution in [1.82, 2.24) is 19.2 Å². The van der Waals surface area contributed by atoms with E-state index >= 15 is 0 Å². The van der Waals surface area contributed by atoms with Gasteiger partial charge in [-0.2, -0.15) is 4.37 Å². The van der Waals surface area contributed by atoms with E-state index in [0.29, 0.717) is 23.4 Å². The summed E-state index contributed by atoms with van der Waals surface area (Å²) in [7, 11) is 2.11. The lowest BCUT2D eigenvalue weighted by Crippen LogP contribution is -2.29. The number of nitrogens with two attached hydrogens (primary N) is 1. The Balaban J connectivity index is 1.59. The van der Waals surface area contributed by atoms with Gasteiger partial charge in [-0.05, 0) is 30.2 Å². The summed E-state index contributed by atoms with van der Waals surface area (Å²) in [4.78, 5) is 24.7. The van der Waals surface area contributed by atoms with Crippen molar-refractivity contribution in [3.05, 3.63) is 70.9 Å². The maximum Gasteiger partial charge on any atom is 0.250 e. The minimum absolute atomic E-state index is 0.419. The van der Waals surface area contributed by atoms with Crippen LogP contribution in [0, 0.1) is 0 Å². The van der Waals surface area contributed by atoms with Gasteiger partial charge in [-0.3, -0.25) is 4.79 Å². The summed E-state index contributed by atoms with van der Waals surface area (Å²) >= 11 is 1.30. The van der Waals surface area contributed by atoms with Crippen LogP contribution >= 0.6 is 11.5 Å². The summed E-state index contributed by atoms with van der Waals surface area (Å²) in [5, 5.41) is 4.37. The minimum Gasteiger partial charge on any atom is -0.366 e. The fourth-order valence-electron chi connectivity index (χ4n) is 3.90. The number of carbonyl (C=O) groups is 1. The molecular formula is C23H22N6OS. The normalized spacial score (nSPS) is 13.8. The van der Waals surface area contributed by atoms with Crippen LogP contribution in [0.3, 0.4) is 0 Å². The molecule has 0 saturated carbocycles. The maximum atomic E-state index is 11.8. The highest BCUT2D eigenvalue weighted by molar-refractivity contribution is 7.11. The van der Waals surface area contributed by atoms with Crippen LogP contribution in [0.25, 0.3) is 21.6 Å². The Labute approximate surface area is 184 Å². The summed E-state index contributed by atoms with van der Waals surface area (Å²) in [6, 6.07) is 15.7. The van der Waals surface area contributed by atoms with Gasteiger partial charge < -0.3 is 16.0 Å². The Hall–Kier alpha value is -3.36. The second kappa shape index (κ2) is 8.05. The van der Waals surface area contributed by atoms with Crippen LogP contribution in [0.4, 0.5) is 5.82 Å². The van der Waals surface area contributed by atoms with Crippen LogP contribution in [0.1, 0.15) is 27.2 Å². The lowest BCUT2D eigenvalue weighted by Gasteiger charge is -2.26. The molecule has 2 aromatic carbocycles. The fraction of sp³-hybridized carbons (Fsp3) is 0.217. The number of rotatable bonds is 5. The van der Waals surface area contributed by atoms with E-state index in [2.05, 4.69) is 33.8 Å². The molecule has 1 aliphatic rings. The van der Waals surface area contributed by atoms with Crippen LogP contribution in [-0.4, -0.2) is 38.7 Å². The molecule has 7 nitrogen and oxygen atoms in total. The number of hydrogen-bond donors (Lipinski definition) is 2. The summed E-state index contributed by atoms with van der Waals surface area (Å²) in [5.74, 6) is 0.998. The second-order valence-corrected chi connectivity index (χ2v) is 8.50. The number of nitrogens with one attached hydrogen (secondary N) is 1. The zero-order chi connectivity index (χ0) is 21.4. The molecule has 0 fully saturated rings. The van der Waals surface area contributed by atoms with E-state index < -0.39 is 5.91 Å². The first-order valence-corrected chi connectivity index (χ1v) is 10.9. The molecule has 8 heteroatoms. The van der Waals surface area contributed by atoms with E-state index in [9.17, 15) is 4.79 Å². The molecule has 0 radical (unpaired) electrons. The summed E-state index contributed by atoms with van der Waals surface area (Å²) < 4.78 is 4.50. The first-order valence-electron chi connectivity index (χ1n) is 10.1. The lowest BCUT2D eigenvalue weighted by molar-refractivity contribution is 0.100. The van der Waals surface area contributed by atoms with Gasteiger partial charge in [0.2, 0.25) is 0 Å². The van der Waals surface area contributed by atoms with E-state index in [4.69, 9.17) is 15.7 Å². The third-order valence-corrected chi connectivity index (χ3v) is 6.39. The number of amides is 1. The topological polar surface area (TPSA) is 97.0 Å². The third kappa shape index (κ3) is 3.75. The highest BCUT2D eigenvalue weighted by Crippen LogP contribution is 2.34. The molecule has 0 aliphatic carbocycles. The molecule has 1 aliphatic heterocycles. The number of primary amides is 1. The number of anilines is 1. The van der Waals surface area contributed by atoms with Gasteiger partial charge in [0, 0.05) is 37.0 Å². The standard InChI is InChI=1S/C23H22N6OS/c1-29-11-10-18-17(13-29)22(25-12-14-6-3-2-4-7-14)27-23(26-18)20-15-8-5-9-16(21(24)30)19(15)28-31-20/h2-9H,10-13H2,1H3,(H2,24,30)(H,25,26,27). The van der Waals surface area contributed by atoms with Gasteiger partial charge in [0.15, 0.2) is 5.82 Å². The van der Waals surface area contributed by atoms with E-state index in [1.807, 2.05) is 30.3 Å². The molecule has 0 unspecified atom stereocenters. The van der Waals surface area contributed by atoms with Crippen LogP contribution in [0.2, 0.25) is 0 Å². The quantitative estimate of drug-likeness (QED) is 0.503. The van der Waals surface area contributed by atoms with Gasteiger partial charge in [-0.1, -0.05) is 42.5 Å². The zero-order valence-electron chi connectivity index (χ0n) is 17.1. The predicted octanol–water partition coefficient (Wildman–Crippen LogP) is 3.45. The van der Waals surface area contributed by atoms with Gasteiger partial charge in [-0.25, -0.2) is 9.97 Å². The molecule has 0 saturated heterocycles. The van der Waals surface area contributed by atoms with Crippen LogP contribution < -0.4 is 11.1 Å². The third-order valence-electron chi connectivity index (χ3n) is 5.53. The largest absolute Gasteiger partial charge is 0.366 e. The van der Waals surface area contributed by atoms with Crippen LogP contribution in [-0.2, 0) is 19.5 Å². The molecule has 2 aromatic heterocycles. The first kappa shape index (κ1) is 19.6. The monoisotopic (exact) mass is 430 g/mol. The number of nitrogens with zero attached hydrogens (tertiary/aromatic N) is 4. The van der Waals surface area contributed by atoms with Crippen LogP contribution in [0.5, 0.6) is 0 Å². The minimum atomic E-state index is -0.484. The Morgan fingerprint density at radius 1 is 1.16 bits per heavy atom. The lowest BCUT2D eigenvalue weighted by atomic mass is 10.1. The second-order valence-electron chi connectivity index (χ2n) is 7.73. The van der Waals surface area contributed by atoms with Crippen molar-refractivity contribution >= 4 is 34.2 Å². The molecule has 3 N–H and O–H groups in total. The number of aromatic nitrogens is 3. The molecule has 156 valence electrons. The molecule has 31 heavy (non-hydrogen) atoms. The van der Waals surface area contributed by atoms with Gasteiger partial charge in [0.05, 0.1) is 16.8 Å². The van der Waals surface area contributed by atoms with Crippen molar-refractivity contribution in [2.24, 2.45) is 5.73 Å². The zero-order valence-corrected chi connectivity index (χ0v) is 17.9. The van der Waals surface area contributed by atoms with Crippen molar-refractivity contribution in [3.8, 4) is 10.7 Å². The number of fused-ring (bicyclic) bond motifs is 2. The molecule has 0 spiro atoms. The van der Waals surface area contributed by atoms with Crippen molar-refractivity contribution in [3.63, 3.8) is 0 Å². The van der Waals surface area contributed by atoms with Gasteiger partial charge >= 0.3 is 0 Å². The Bertz CT molecular complexity index is 1270. The number of hydrogen-bond acceptors (Lipinski definition) is 7. The maximum absolute atomic E-state index is 11.8. The summed E-state index contributed by atoms with van der Waals surface area (Å²) in [5.41, 5.74) is 9.95. The van der Waals surface area contributed by atoms with Crippen molar-refractivity contribution in [1.29, 1.82) is 0 Å². The van der Waals surface area contributed by atoms with E-state index in [1.165, 1.54) is 17.1 Å². The average Bonchev–Trinajstić information content (AvgIpc) is 3.22. The Kier molecular flexibility index (Phi) is 5.09. The molecule has 0 bridgehead atoms. The Morgan fingerprint density at radius 2 is 2.00 bits per heavy atom. The summed E-state index contributed by atoms with van der Waals surface area (Å²) in [6.45, 7) is 2.45. The first-order chi connectivity index (χ1) is 15.1. The molecule has 1 amide bonds. The smallest absolute Gasteiger partial charge is 0.250 e. The Morgan fingerprint density at radius 3 is 2.81 bits per heavy atom. The number of carbonyl (C=O) groups excluding carboxylic acids is 1. The molecule has 3 heterocycles. The van der Waals surface area contributed by atoms with E-state index in [0.717, 1.165) is 46.8 Å². The summed E-state index contributed by atoms with van der Waals surface area (Å²) in [6.07, 6.45) is 0.866. The number of likely N-dealkylation sites (N-methyl/N-ethyl adjacent to an activating group) is 1. The van der Waals surface area contributed by atoms with Crippen molar-refractivity contribution in [2.45, 2.75) is 19.5 Å². The van der Waals surface area contributed by atoms with E-state index in [-0.39, 0.29) is 0 Å². The van der Waals surface area contributed by atoms with Crippen molar-refractivity contribution in [2.75, 3.05) is 18.9 Å². The van der Waals surface area contributed by atoms with Crippen LogP contribution in [0.15, 0.2) is 48.5 Å². The molecule has 0 atom stereocenters. The van der Waals surface area contributed by atoms with Gasteiger partial charge in [0.1, 0.15) is 10.7 Å². The van der Waals surface area contributed by atoms with Gasteiger partial charge in [0.25, 0.3) is 5.91 Å². The molecule has 4 aromatic rings. The predicted molar refractivity (Wildman–Crippen MR) is 123 cm³/mol. The highest BCUT2D eigenvalue weighted by Gasteiger charge is 2.23. The van der Waals surface area contributed by atoms with Crippen molar-refractivity contribution < 1.29 is 4.79 Å². The molecule has 5 rings (SSSR count).